The van der Waals surface area contributed by atoms with Crippen molar-refractivity contribution < 1.29 is 4.74 Å². The smallest absolute Gasteiger partial charge is 0.171 e. The number of fused-ring (bicyclic) bond motifs is 1. The summed E-state index contributed by atoms with van der Waals surface area (Å²) in [4.78, 5) is 8.61. The van der Waals surface area contributed by atoms with Gasteiger partial charge in [-0.2, -0.15) is 5.26 Å². The molecule has 0 aliphatic rings. The van der Waals surface area contributed by atoms with Crippen molar-refractivity contribution in [3.8, 4) is 11.8 Å². The third-order valence-electron chi connectivity index (χ3n) is 2.96. The van der Waals surface area contributed by atoms with E-state index in [-0.39, 0.29) is 0 Å². The fourth-order valence-electron chi connectivity index (χ4n) is 1.94. The molecule has 21 heavy (non-hydrogen) atoms. The van der Waals surface area contributed by atoms with Gasteiger partial charge in [-0.25, -0.2) is 4.98 Å². The Bertz CT molecular complexity index is 854. The number of rotatable bonds is 3. The Morgan fingerprint density at radius 2 is 2.19 bits per heavy atom. The lowest BCUT2D eigenvalue weighted by Crippen LogP contribution is -1.84. The van der Waals surface area contributed by atoms with Crippen molar-refractivity contribution in [2.75, 3.05) is 7.11 Å². The first-order chi connectivity index (χ1) is 10.2. The molecule has 6 heteroatoms. The van der Waals surface area contributed by atoms with E-state index in [0.717, 1.165) is 31.3 Å². The second-order valence-electron chi connectivity index (χ2n) is 4.25. The fourth-order valence-corrected chi connectivity index (χ4v) is 3.45. The highest BCUT2D eigenvalue weighted by Crippen LogP contribution is 2.33. The average Bonchev–Trinajstić information content (AvgIpc) is 2.88. The van der Waals surface area contributed by atoms with Gasteiger partial charge < -0.3 is 9.72 Å². The van der Waals surface area contributed by atoms with Crippen molar-refractivity contribution in [2.45, 2.75) is 10.1 Å². The molecular formula is C15H10BrN3OS. The van der Waals surface area contributed by atoms with E-state index >= 15 is 0 Å². The number of nitrogens with zero attached hydrogens (tertiary/aromatic N) is 2. The zero-order chi connectivity index (χ0) is 14.8. The first-order valence-electron chi connectivity index (χ1n) is 6.11. The van der Waals surface area contributed by atoms with Crippen LogP contribution in [0.5, 0.6) is 5.75 Å². The molecule has 0 radical (unpaired) electrons. The van der Waals surface area contributed by atoms with E-state index in [0.29, 0.717) is 5.56 Å². The number of halogens is 1. The van der Waals surface area contributed by atoms with E-state index in [4.69, 9.17) is 4.74 Å². The van der Waals surface area contributed by atoms with Gasteiger partial charge in [-0.15, -0.1) is 0 Å². The van der Waals surface area contributed by atoms with Crippen LogP contribution in [0.3, 0.4) is 0 Å². The minimum Gasteiger partial charge on any atom is -0.497 e. The summed E-state index contributed by atoms with van der Waals surface area (Å²) in [7, 11) is 1.63. The molecule has 1 heterocycles. The summed E-state index contributed by atoms with van der Waals surface area (Å²) in [6, 6.07) is 13.5. The molecule has 0 unspecified atom stereocenters. The molecule has 0 saturated heterocycles. The van der Waals surface area contributed by atoms with Crippen LogP contribution in [0.1, 0.15) is 5.56 Å². The van der Waals surface area contributed by atoms with Crippen LogP contribution in [-0.4, -0.2) is 17.1 Å². The Hall–Kier alpha value is -1.97. The molecule has 0 atom stereocenters. The van der Waals surface area contributed by atoms with Gasteiger partial charge in [0.15, 0.2) is 5.16 Å². The predicted octanol–water partition coefficient (Wildman–Crippen LogP) is 4.36. The van der Waals surface area contributed by atoms with Gasteiger partial charge in [-0.3, -0.25) is 0 Å². The lowest BCUT2D eigenvalue weighted by atomic mass is 10.2. The Morgan fingerprint density at radius 1 is 1.33 bits per heavy atom. The zero-order valence-corrected chi connectivity index (χ0v) is 13.5. The maximum atomic E-state index is 9.24. The first-order valence-corrected chi connectivity index (χ1v) is 7.72. The van der Waals surface area contributed by atoms with Crippen LogP contribution in [0.4, 0.5) is 0 Å². The quantitative estimate of drug-likeness (QED) is 0.754. The van der Waals surface area contributed by atoms with Crippen LogP contribution in [0.15, 0.2) is 50.9 Å². The van der Waals surface area contributed by atoms with Crippen LogP contribution in [0, 0.1) is 11.3 Å². The highest BCUT2D eigenvalue weighted by molar-refractivity contribution is 9.10. The number of methoxy groups -OCH3 is 1. The van der Waals surface area contributed by atoms with Crippen LogP contribution >= 0.6 is 27.7 Å². The Morgan fingerprint density at radius 3 is 2.95 bits per heavy atom. The van der Waals surface area contributed by atoms with E-state index in [1.165, 1.54) is 11.8 Å². The fraction of sp³-hybridized carbons (Fsp3) is 0.0667. The monoisotopic (exact) mass is 359 g/mol. The number of hydrogen-bond donors (Lipinski definition) is 1. The molecule has 0 bridgehead atoms. The van der Waals surface area contributed by atoms with E-state index in [9.17, 15) is 5.26 Å². The Kier molecular flexibility index (Phi) is 3.86. The Balaban J connectivity index is 1.99. The van der Waals surface area contributed by atoms with Gasteiger partial charge in [-0.1, -0.05) is 17.8 Å². The Labute approximate surface area is 134 Å². The number of ether oxygens (including phenoxy) is 1. The van der Waals surface area contributed by atoms with Gasteiger partial charge in [0.05, 0.1) is 23.7 Å². The van der Waals surface area contributed by atoms with Gasteiger partial charge in [0.25, 0.3) is 0 Å². The van der Waals surface area contributed by atoms with Crippen molar-refractivity contribution in [3.63, 3.8) is 0 Å². The third-order valence-corrected chi connectivity index (χ3v) is 4.57. The van der Waals surface area contributed by atoms with Crippen LogP contribution in [0.2, 0.25) is 0 Å². The molecule has 4 nitrogen and oxygen atoms in total. The molecule has 0 spiro atoms. The standard InChI is InChI=1S/C15H10BrN3OS/c1-20-9-5-6-12-13(7-9)19-15(18-12)21-14-4-2-3-11(16)10(14)8-17/h2-7H,1H3,(H,18,19). The molecule has 0 aliphatic carbocycles. The molecule has 1 N–H and O–H groups in total. The number of nitriles is 1. The van der Waals surface area contributed by atoms with Crippen molar-refractivity contribution in [3.05, 3.63) is 46.4 Å². The minimum absolute atomic E-state index is 0.612. The van der Waals surface area contributed by atoms with Crippen LogP contribution in [-0.2, 0) is 0 Å². The number of hydrogen-bond acceptors (Lipinski definition) is 4. The number of imidazole rings is 1. The molecule has 2 aromatic carbocycles. The van der Waals surface area contributed by atoms with Gasteiger partial charge >= 0.3 is 0 Å². The van der Waals surface area contributed by atoms with Crippen molar-refractivity contribution in [2.24, 2.45) is 0 Å². The van der Waals surface area contributed by atoms with E-state index < -0.39 is 0 Å². The second-order valence-corrected chi connectivity index (χ2v) is 6.14. The summed E-state index contributed by atoms with van der Waals surface area (Å²) >= 11 is 4.82. The van der Waals surface area contributed by atoms with E-state index in [2.05, 4.69) is 32.0 Å². The number of H-pyrrole nitrogens is 1. The van der Waals surface area contributed by atoms with E-state index in [1.54, 1.807) is 7.11 Å². The predicted molar refractivity (Wildman–Crippen MR) is 85.6 cm³/mol. The minimum atomic E-state index is 0.612. The molecule has 1 aromatic heterocycles. The molecule has 0 saturated carbocycles. The topological polar surface area (TPSA) is 61.7 Å². The highest BCUT2D eigenvalue weighted by atomic mass is 79.9. The number of benzene rings is 2. The lowest BCUT2D eigenvalue weighted by molar-refractivity contribution is 0.415. The van der Waals surface area contributed by atoms with Crippen molar-refractivity contribution >= 4 is 38.7 Å². The maximum Gasteiger partial charge on any atom is 0.171 e. The molecule has 3 aromatic rings. The first kappa shape index (κ1) is 14.0. The molecule has 0 amide bonds. The highest BCUT2D eigenvalue weighted by Gasteiger charge is 2.11. The van der Waals surface area contributed by atoms with Gasteiger partial charge in [0, 0.05) is 15.4 Å². The zero-order valence-electron chi connectivity index (χ0n) is 11.1. The summed E-state index contributed by atoms with van der Waals surface area (Å²) in [5.41, 5.74) is 2.39. The van der Waals surface area contributed by atoms with Crippen molar-refractivity contribution in [1.29, 1.82) is 5.26 Å². The summed E-state index contributed by atoms with van der Waals surface area (Å²) in [5, 5.41) is 9.99. The lowest BCUT2D eigenvalue weighted by Gasteiger charge is -2.02. The number of aromatic amines is 1. The molecule has 0 aliphatic heterocycles. The second kappa shape index (κ2) is 5.80. The van der Waals surface area contributed by atoms with Gasteiger partial charge in [0.2, 0.25) is 0 Å². The van der Waals surface area contributed by atoms with Crippen LogP contribution in [0.25, 0.3) is 11.0 Å². The molecule has 0 fully saturated rings. The van der Waals surface area contributed by atoms with Gasteiger partial charge in [0.1, 0.15) is 11.8 Å². The number of nitrogens with one attached hydrogen (secondary N) is 1. The largest absolute Gasteiger partial charge is 0.497 e. The molecule has 3 rings (SSSR count). The van der Waals surface area contributed by atoms with Gasteiger partial charge in [-0.05, 0) is 40.2 Å². The average molecular weight is 360 g/mol. The van der Waals surface area contributed by atoms with E-state index in [1.807, 2.05) is 36.4 Å². The number of aromatic nitrogens is 2. The summed E-state index contributed by atoms with van der Waals surface area (Å²) in [6.07, 6.45) is 0. The maximum absolute atomic E-state index is 9.24. The molecule has 104 valence electrons. The SMILES string of the molecule is COc1ccc2nc(Sc3cccc(Br)c3C#N)[nH]c2c1. The molecular weight excluding hydrogens is 350 g/mol. The normalized spacial score (nSPS) is 10.5. The van der Waals surface area contributed by atoms with Crippen LogP contribution < -0.4 is 4.74 Å². The van der Waals surface area contributed by atoms with Crippen molar-refractivity contribution in [1.82, 2.24) is 9.97 Å². The summed E-state index contributed by atoms with van der Waals surface area (Å²) < 4.78 is 5.98. The summed E-state index contributed by atoms with van der Waals surface area (Å²) in [6.45, 7) is 0. The third kappa shape index (κ3) is 2.75. The summed E-state index contributed by atoms with van der Waals surface area (Å²) in [5.74, 6) is 0.780.